The average Bonchev–Trinajstić information content (AvgIpc) is 2.56. The highest BCUT2D eigenvalue weighted by molar-refractivity contribution is 8.04. The predicted octanol–water partition coefficient (Wildman–Crippen LogP) is 3.95. The number of hydrogen-bond donors (Lipinski definition) is 0. The molecule has 0 aromatic heterocycles. The SMILES string of the molecule is CC1=C(SC(F)(F)F)C(c2ccccc2F)OC1=O. The number of alkyl halides is 3. The van der Waals surface area contributed by atoms with Crippen molar-refractivity contribution < 1.29 is 27.1 Å². The Bertz CT molecular complexity index is 551. The molecule has 1 aliphatic rings. The number of carbonyl (C=O) groups is 1. The molecule has 1 aromatic rings. The fourth-order valence-corrected chi connectivity index (χ4v) is 2.46. The van der Waals surface area contributed by atoms with Crippen LogP contribution in [-0.2, 0) is 9.53 Å². The molecule has 19 heavy (non-hydrogen) atoms. The molecule has 0 aliphatic carbocycles. The zero-order valence-electron chi connectivity index (χ0n) is 9.62. The van der Waals surface area contributed by atoms with E-state index in [4.69, 9.17) is 4.74 Å². The van der Waals surface area contributed by atoms with Crippen LogP contribution < -0.4 is 0 Å². The molecule has 0 spiro atoms. The van der Waals surface area contributed by atoms with Crippen LogP contribution >= 0.6 is 11.8 Å². The molecule has 1 atom stereocenters. The van der Waals surface area contributed by atoms with Gasteiger partial charge in [0.2, 0.25) is 0 Å². The molecule has 7 heteroatoms. The van der Waals surface area contributed by atoms with Crippen molar-refractivity contribution in [2.45, 2.75) is 18.5 Å². The molecule has 1 heterocycles. The molecular formula is C12H8F4O2S. The number of ether oxygens (including phenoxy) is 1. The van der Waals surface area contributed by atoms with Crippen molar-refractivity contribution in [2.75, 3.05) is 0 Å². The Labute approximate surface area is 110 Å². The van der Waals surface area contributed by atoms with Gasteiger partial charge in [-0.25, -0.2) is 9.18 Å². The highest BCUT2D eigenvalue weighted by Crippen LogP contribution is 2.48. The van der Waals surface area contributed by atoms with E-state index >= 15 is 0 Å². The Morgan fingerprint density at radius 1 is 1.26 bits per heavy atom. The van der Waals surface area contributed by atoms with E-state index in [1.54, 1.807) is 0 Å². The van der Waals surface area contributed by atoms with Crippen LogP contribution in [0.25, 0.3) is 0 Å². The van der Waals surface area contributed by atoms with E-state index in [1.807, 2.05) is 0 Å². The lowest BCUT2D eigenvalue weighted by Gasteiger charge is -2.16. The fourth-order valence-electron chi connectivity index (χ4n) is 1.69. The van der Waals surface area contributed by atoms with Gasteiger partial charge in [-0.15, -0.1) is 0 Å². The van der Waals surface area contributed by atoms with Crippen molar-refractivity contribution in [1.82, 2.24) is 0 Å². The van der Waals surface area contributed by atoms with Gasteiger partial charge >= 0.3 is 11.5 Å². The zero-order valence-corrected chi connectivity index (χ0v) is 10.4. The van der Waals surface area contributed by atoms with Gasteiger partial charge in [-0.2, -0.15) is 13.2 Å². The number of benzene rings is 1. The number of halogens is 4. The first-order valence-electron chi connectivity index (χ1n) is 5.21. The number of cyclic esters (lactones) is 1. The van der Waals surface area contributed by atoms with Crippen LogP contribution in [0.4, 0.5) is 17.6 Å². The summed E-state index contributed by atoms with van der Waals surface area (Å²) in [7, 11) is 0. The molecule has 1 unspecified atom stereocenters. The van der Waals surface area contributed by atoms with E-state index in [0.29, 0.717) is 0 Å². The first-order valence-corrected chi connectivity index (χ1v) is 6.03. The first-order chi connectivity index (χ1) is 8.79. The summed E-state index contributed by atoms with van der Waals surface area (Å²) in [6, 6.07) is 5.27. The maximum atomic E-state index is 13.6. The van der Waals surface area contributed by atoms with Crippen LogP contribution in [0.1, 0.15) is 18.6 Å². The van der Waals surface area contributed by atoms with E-state index < -0.39 is 35.2 Å². The van der Waals surface area contributed by atoms with E-state index in [9.17, 15) is 22.4 Å². The normalized spacial score (nSPS) is 19.8. The molecule has 0 saturated heterocycles. The third kappa shape index (κ3) is 2.91. The molecule has 2 rings (SSSR count). The van der Waals surface area contributed by atoms with Crippen molar-refractivity contribution in [2.24, 2.45) is 0 Å². The highest BCUT2D eigenvalue weighted by atomic mass is 32.2. The molecule has 0 bridgehead atoms. The summed E-state index contributed by atoms with van der Waals surface area (Å²) < 4.78 is 55.8. The second-order valence-electron chi connectivity index (χ2n) is 3.84. The average molecular weight is 292 g/mol. The smallest absolute Gasteiger partial charge is 0.446 e. The van der Waals surface area contributed by atoms with Gasteiger partial charge in [-0.05, 0) is 24.8 Å². The summed E-state index contributed by atoms with van der Waals surface area (Å²) in [6.07, 6.45) is -1.33. The lowest BCUT2D eigenvalue weighted by molar-refractivity contribution is -0.140. The van der Waals surface area contributed by atoms with Crippen LogP contribution in [0.15, 0.2) is 34.7 Å². The van der Waals surface area contributed by atoms with Crippen molar-refractivity contribution in [1.29, 1.82) is 0 Å². The third-order valence-corrected chi connectivity index (χ3v) is 3.52. The maximum Gasteiger partial charge on any atom is 0.446 e. The summed E-state index contributed by atoms with van der Waals surface area (Å²) in [4.78, 5) is 11.1. The molecular weight excluding hydrogens is 284 g/mol. The second-order valence-corrected chi connectivity index (χ2v) is 4.95. The van der Waals surface area contributed by atoms with Crippen LogP contribution in [-0.4, -0.2) is 11.5 Å². The Morgan fingerprint density at radius 2 is 1.89 bits per heavy atom. The van der Waals surface area contributed by atoms with Crippen LogP contribution in [0.5, 0.6) is 0 Å². The molecule has 0 radical (unpaired) electrons. The van der Waals surface area contributed by atoms with Crippen LogP contribution in [0, 0.1) is 5.82 Å². The molecule has 1 aromatic carbocycles. The fraction of sp³-hybridized carbons (Fsp3) is 0.250. The minimum Gasteiger partial charge on any atom is -0.448 e. The largest absolute Gasteiger partial charge is 0.448 e. The van der Waals surface area contributed by atoms with Gasteiger partial charge in [0.05, 0.1) is 0 Å². The standard InChI is InChI=1S/C12H8F4O2S/c1-6-10(19-12(14,15)16)9(18-11(6)17)7-4-2-3-5-8(7)13/h2-5,9H,1H3. The molecule has 1 aliphatic heterocycles. The van der Waals surface area contributed by atoms with Crippen molar-refractivity contribution >= 4 is 17.7 Å². The Balaban J connectivity index is 2.42. The van der Waals surface area contributed by atoms with E-state index in [1.165, 1.54) is 25.1 Å². The zero-order chi connectivity index (χ0) is 14.2. The number of thioether (sulfide) groups is 1. The van der Waals surface area contributed by atoms with Crippen LogP contribution in [0.2, 0.25) is 0 Å². The quantitative estimate of drug-likeness (QED) is 0.610. The van der Waals surface area contributed by atoms with E-state index in [2.05, 4.69) is 0 Å². The molecule has 0 saturated carbocycles. The van der Waals surface area contributed by atoms with Crippen molar-refractivity contribution in [3.63, 3.8) is 0 Å². The minimum absolute atomic E-state index is 0.0838. The maximum absolute atomic E-state index is 13.6. The summed E-state index contributed by atoms with van der Waals surface area (Å²) in [5.41, 5.74) is -4.79. The summed E-state index contributed by atoms with van der Waals surface area (Å²) in [5, 5.41) is 0. The van der Waals surface area contributed by atoms with Gasteiger partial charge in [0.25, 0.3) is 0 Å². The number of esters is 1. The number of hydrogen-bond acceptors (Lipinski definition) is 3. The molecule has 0 amide bonds. The van der Waals surface area contributed by atoms with Gasteiger partial charge in [0.1, 0.15) is 5.82 Å². The number of rotatable bonds is 2. The van der Waals surface area contributed by atoms with E-state index in [0.717, 1.165) is 6.07 Å². The topological polar surface area (TPSA) is 26.3 Å². The molecule has 102 valence electrons. The molecule has 2 nitrogen and oxygen atoms in total. The van der Waals surface area contributed by atoms with Gasteiger partial charge in [-0.1, -0.05) is 18.2 Å². The lowest BCUT2D eigenvalue weighted by Crippen LogP contribution is -2.08. The van der Waals surface area contributed by atoms with Gasteiger partial charge in [0.15, 0.2) is 6.10 Å². The monoisotopic (exact) mass is 292 g/mol. The van der Waals surface area contributed by atoms with Gasteiger partial charge in [0, 0.05) is 16.0 Å². The minimum atomic E-state index is -4.56. The second kappa shape index (κ2) is 4.88. The summed E-state index contributed by atoms with van der Waals surface area (Å²) >= 11 is -0.445. The predicted molar refractivity (Wildman–Crippen MR) is 61.6 cm³/mol. The number of carbonyl (C=O) groups excluding carboxylic acids is 1. The Kier molecular flexibility index (Phi) is 3.58. The third-order valence-electron chi connectivity index (χ3n) is 2.55. The van der Waals surface area contributed by atoms with Crippen molar-refractivity contribution in [3.05, 3.63) is 46.1 Å². The van der Waals surface area contributed by atoms with E-state index in [-0.39, 0.29) is 16.0 Å². The summed E-state index contributed by atoms with van der Waals surface area (Å²) in [5.74, 6) is -1.57. The first kappa shape index (κ1) is 13.9. The Morgan fingerprint density at radius 3 is 2.47 bits per heavy atom. The van der Waals surface area contributed by atoms with Crippen LogP contribution in [0.3, 0.4) is 0 Å². The highest BCUT2D eigenvalue weighted by Gasteiger charge is 2.41. The Hall–Kier alpha value is -1.50. The summed E-state index contributed by atoms with van der Waals surface area (Å²) in [6.45, 7) is 1.23. The molecule has 0 N–H and O–H groups in total. The lowest BCUT2D eigenvalue weighted by atomic mass is 10.1. The molecule has 0 fully saturated rings. The van der Waals surface area contributed by atoms with Crippen molar-refractivity contribution in [3.8, 4) is 0 Å². The van der Waals surface area contributed by atoms with Gasteiger partial charge in [-0.3, -0.25) is 0 Å². The van der Waals surface area contributed by atoms with Gasteiger partial charge < -0.3 is 4.74 Å².